The van der Waals surface area contributed by atoms with Crippen LogP contribution in [0.25, 0.3) is 0 Å². The number of hydrogen-bond acceptors (Lipinski definition) is 3. The molecule has 0 aromatic carbocycles. The number of sulfonamides is 1. The van der Waals surface area contributed by atoms with E-state index in [0.29, 0.717) is 13.0 Å². The molecular formula is C15H34N2O2S. The van der Waals surface area contributed by atoms with Gasteiger partial charge < -0.3 is 5.32 Å². The zero-order chi connectivity index (χ0) is 15.3. The van der Waals surface area contributed by atoms with E-state index >= 15 is 0 Å². The third-order valence-electron chi connectivity index (χ3n) is 3.22. The molecule has 0 aliphatic rings. The van der Waals surface area contributed by atoms with Crippen molar-refractivity contribution in [2.75, 3.05) is 25.4 Å². The topological polar surface area (TPSA) is 58.2 Å². The van der Waals surface area contributed by atoms with Gasteiger partial charge in [0, 0.05) is 6.54 Å². The lowest BCUT2D eigenvalue weighted by molar-refractivity contribution is 0.517. The lowest BCUT2D eigenvalue weighted by atomic mass is 10.0. The monoisotopic (exact) mass is 306 g/mol. The van der Waals surface area contributed by atoms with E-state index in [4.69, 9.17) is 0 Å². The first kappa shape index (κ1) is 19.9. The minimum atomic E-state index is -3.06. The molecule has 0 spiro atoms. The van der Waals surface area contributed by atoms with Gasteiger partial charge in [0.25, 0.3) is 0 Å². The molecule has 2 N–H and O–H groups in total. The molecule has 0 aromatic heterocycles. The van der Waals surface area contributed by atoms with Crippen molar-refractivity contribution < 1.29 is 8.42 Å². The number of unbranched alkanes of at least 4 members (excludes halogenated alkanes) is 3. The lowest BCUT2D eigenvalue weighted by Gasteiger charge is -2.07. The van der Waals surface area contributed by atoms with Crippen LogP contribution < -0.4 is 10.0 Å². The molecule has 0 aromatic rings. The van der Waals surface area contributed by atoms with Crippen molar-refractivity contribution in [3.63, 3.8) is 0 Å². The number of rotatable bonds is 14. The molecule has 0 atom stereocenters. The SMILES string of the molecule is CCCNCCCS(=O)(=O)NCCCCCCC(C)C. The molecule has 0 fully saturated rings. The van der Waals surface area contributed by atoms with E-state index in [1.54, 1.807) is 0 Å². The van der Waals surface area contributed by atoms with Crippen molar-refractivity contribution in [3.8, 4) is 0 Å². The highest BCUT2D eigenvalue weighted by Crippen LogP contribution is 2.09. The average Bonchev–Trinajstić information content (AvgIpc) is 2.37. The van der Waals surface area contributed by atoms with Gasteiger partial charge in [0.1, 0.15) is 0 Å². The van der Waals surface area contributed by atoms with Crippen LogP contribution in [0.4, 0.5) is 0 Å². The fourth-order valence-corrected chi connectivity index (χ4v) is 3.14. The van der Waals surface area contributed by atoms with Crippen LogP contribution in [0.15, 0.2) is 0 Å². The Balaban J connectivity index is 3.43. The van der Waals surface area contributed by atoms with Crippen LogP contribution in [-0.2, 0) is 10.0 Å². The van der Waals surface area contributed by atoms with Gasteiger partial charge in [-0.05, 0) is 38.3 Å². The van der Waals surface area contributed by atoms with E-state index in [0.717, 1.165) is 38.3 Å². The molecular weight excluding hydrogens is 272 g/mol. The zero-order valence-corrected chi connectivity index (χ0v) is 14.4. The first-order valence-corrected chi connectivity index (χ1v) is 9.81. The summed E-state index contributed by atoms with van der Waals surface area (Å²) < 4.78 is 26.1. The van der Waals surface area contributed by atoms with Crippen molar-refractivity contribution in [1.82, 2.24) is 10.0 Å². The summed E-state index contributed by atoms with van der Waals surface area (Å²) in [6.45, 7) is 8.92. The highest BCUT2D eigenvalue weighted by Gasteiger charge is 2.08. The van der Waals surface area contributed by atoms with Crippen LogP contribution in [0.1, 0.15) is 65.7 Å². The summed E-state index contributed by atoms with van der Waals surface area (Å²) in [6, 6.07) is 0. The third kappa shape index (κ3) is 14.3. The van der Waals surface area contributed by atoms with Crippen LogP contribution in [0.2, 0.25) is 0 Å². The Morgan fingerprint density at radius 2 is 1.60 bits per heavy atom. The summed E-state index contributed by atoms with van der Waals surface area (Å²) in [7, 11) is -3.06. The minimum Gasteiger partial charge on any atom is -0.317 e. The number of hydrogen-bond donors (Lipinski definition) is 2. The molecule has 0 unspecified atom stereocenters. The molecule has 0 heterocycles. The van der Waals surface area contributed by atoms with Crippen molar-refractivity contribution in [2.45, 2.75) is 65.7 Å². The molecule has 122 valence electrons. The van der Waals surface area contributed by atoms with Gasteiger partial charge in [-0.3, -0.25) is 0 Å². The van der Waals surface area contributed by atoms with E-state index < -0.39 is 10.0 Å². The standard InChI is InChI=1S/C15H34N2O2S/c1-4-11-16-12-9-14-20(18,19)17-13-8-6-5-7-10-15(2)3/h15-17H,4-14H2,1-3H3. The molecule has 0 aliphatic heterocycles. The van der Waals surface area contributed by atoms with Crippen molar-refractivity contribution in [1.29, 1.82) is 0 Å². The summed E-state index contributed by atoms with van der Waals surface area (Å²) in [5.41, 5.74) is 0. The second-order valence-corrected chi connectivity index (χ2v) is 7.84. The highest BCUT2D eigenvalue weighted by atomic mass is 32.2. The van der Waals surface area contributed by atoms with Crippen LogP contribution >= 0.6 is 0 Å². The summed E-state index contributed by atoms with van der Waals surface area (Å²) in [5, 5.41) is 3.21. The van der Waals surface area contributed by atoms with Gasteiger partial charge in [-0.1, -0.05) is 46.5 Å². The van der Waals surface area contributed by atoms with Crippen LogP contribution in [0.5, 0.6) is 0 Å². The second-order valence-electron chi connectivity index (χ2n) is 5.91. The first-order valence-electron chi connectivity index (χ1n) is 8.16. The van der Waals surface area contributed by atoms with Crippen molar-refractivity contribution in [3.05, 3.63) is 0 Å². The Bertz CT molecular complexity index is 303. The van der Waals surface area contributed by atoms with Crippen LogP contribution in [0.3, 0.4) is 0 Å². The summed E-state index contributed by atoms with van der Waals surface area (Å²) in [5.74, 6) is 1.01. The average molecular weight is 307 g/mol. The van der Waals surface area contributed by atoms with Gasteiger partial charge in [0.05, 0.1) is 5.75 Å². The van der Waals surface area contributed by atoms with E-state index in [1.807, 2.05) is 0 Å². The maximum atomic E-state index is 11.7. The molecule has 0 saturated heterocycles. The molecule has 0 rings (SSSR count). The van der Waals surface area contributed by atoms with Gasteiger partial charge in [0.15, 0.2) is 0 Å². The zero-order valence-electron chi connectivity index (χ0n) is 13.6. The minimum absolute atomic E-state index is 0.233. The molecule has 0 bridgehead atoms. The van der Waals surface area contributed by atoms with Gasteiger partial charge in [-0.2, -0.15) is 0 Å². The molecule has 5 heteroatoms. The van der Waals surface area contributed by atoms with Crippen LogP contribution in [-0.4, -0.2) is 33.8 Å². The normalized spacial score (nSPS) is 12.2. The quantitative estimate of drug-likeness (QED) is 0.485. The van der Waals surface area contributed by atoms with Crippen molar-refractivity contribution in [2.24, 2.45) is 5.92 Å². The summed E-state index contributed by atoms with van der Waals surface area (Å²) >= 11 is 0. The van der Waals surface area contributed by atoms with Gasteiger partial charge in [-0.25, -0.2) is 13.1 Å². The molecule has 4 nitrogen and oxygen atoms in total. The Hall–Kier alpha value is -0.130. The van der Waals surface area contributed by atoms with Gasteiger partial charge >= 0.3 is 0 Å². The maximum Gasteiger partial charge on any atom is 0.211 e. The Kier molecular flexibility index (Phi) is 12.5. The van der Waals surface area contributed by atoms with Gasteiger partial charge in [0.2, 0.25) is 10.0 Å². The lowest BCUT2D eigenvalue weighted by Crippen LogP contribution is -2.29. The summed E-state index contributed by atoms with van der Waals surface area (Å²) in [4.78, 5) is 0. The predicted molar refractivity (Wildman–Crippen MR) is 87.5 cm³/mol. The predicted octanol–water partition coefficient (Wildman–Crippen LogP) is 2.90. The smallest absolute Gasteiger partial charge is 0.211 e. The van der Waals surface area contributed by atoms with E-state index in [-0.39, 0.29) is 5.75 Å². The van der Waals surface area contributed by atoms with Crippen molar-refractivity contribution >= 4 is 10.0 Å². The largest absolute Gasteiger partial charge is 0.317 e. The Labute approximate surface area is 126 Å². The Morgan fingerprint density at radius 3 is 2.25 bits per heavy atom. The van der Waals surface area contributed by atoms with Crippen LogP contribution in [0, 0.1) is 5.92 Å². The Morgan fingerprint density at radius 1 is 0.900 bits per heavy atom. The first-order chi connectivity index (χ1) is 9.48. The summed E-state index contributed by atoms with van der Waals surface area (Å²) in [6.07, 6.45) is 7.58. The van der Waals surface area contributed by atoms with E-state index in [9.17, 15) is 8.42 Å². The highest BCUT2D eigenvalue weighted by molar-refractivity contribution is 7.89. The molecule has 0 amide bonds. The van der Waals surface area contributed by atoms with E-state index in [1.165, 1.54) is 19.3 Å². The fraction of sp³-hybridized carbons (Fsp3) is 1.00. The third-order valence-corrected chi connectivity index (χ3v) is 4.69. The second kappa shape index (κ2) is 12.6. The fourth-order valence-electron chi connectivity index (χ4n) is 2.02. The van der Waals surface area contributed by atoms with E-state index in [2.05, 4.69) is 30.8 Å². The molecule has 0 radical (unpaired) electrons. The number of nitrogens with one attached hydrogen (secondary N) is 2. The molecule has 0 aliphatic carbocycles. The van der Waals surface area contributed by atoms with Gasteiger partial charge in [-0.15, -0.1) is 0 Å². The maximum absolute atomic E-state index is 11.7. The molecule has 20 heavy (non-hydrogen) atoms. The molecule has 0 saturated carbocycles.